The smallest absolute Gasteiger partial charge is 0.234 e. The number of carbonyl (C=O) groups is 1. The monoisotopic (exact) mass is 473 g/mol. The molecule has 1 aliphatic heterocycles. The first-order valence-electron chi connectivity index (χ1n) is 11.4. The molecule has 5 rings (SSSR count). The summed E-state index contributed by atoms with van der Waals surface area (Å²) in [7, 11) is 0. The molecule has 3 heterocycles. The number of nitrogens with zero attached hydrogens (tertiary/aromatic N) is 4. The van der Waals surface area contributed by atoms with Crippen molar-refractivity contribution in [2.75, 3.05) is 13.1 Å². The Morgan fingerprint density at radius 2 is 2.17 bits per heavy atom. The van der Waals surface area contributed by atoms with Crippen molar-refractivity contribution in [2.45, 2.75) is 32.9 Å². The van der Waals surface area contributed by atoms with Crippen LogP contribution in [0.25, 0.3) is 33.5 Å². The Morgan fingerprint density at radius 1 is 1.31 bits per heavy atom. The molecule has 0 spiro atoms. The zero-order chi connectivity index (χ0) is 24.5. The number of aromatic amines is 2. The molecule has 4 aromatic rings. The lowest BCUT2D eigenvalue weighted by Crippen LogP contribution is -2.35. The second-order valence-electron chi connectivity index (χ2n) is 8.56. The molecule has 1 aliphatic rings. The van der Waals surface area contributed by atoms with Gasteiger partial charge in [-0.25, -0.2) is 9.37 Å². The largest absolute Gasteiger partial charge is 0.505 e. The summed E-state index contributed by atoms with van der Waals surface area (Å²) in [6, 6.07) is 10.6. The summed E-state index contributed by atoms with van der Waals surface area (Å²) in [5, 5.41) is 29.4. The van der Waals surface area contributed by atoms with Crippen LogP contribution in [-0.2, 0) is 24.3 Å². The second-order valence-corrected chi connectivity index (χ2v) is 8.56. The summed E-state index contributed by atoms with van der Waals surface area (Å²) in [5.41, 5.74) is 5.72. The number of aromatic hydroxyl groups is 1. The van der Waals surface area contributed by atoms with Crippen molar-refractivity contribution in [1.82, 2.24) is 30.4 Å². The molecule has 178 valence electrons. The number of fused-ring (bicyclic) bond motifs is 2. The molecule has 0 fully saturated rings. The van der Waals surface area contributed by atoms with E-state index in [2.05, 4.69) is 20.5 Å². The number of H-pyrrole nitrogens is 2. The van der Waals surface area contributed by atoms with Gasteiger partial charge in [0.2, 0.25) is 5.91 Å². The molecule has 2 aromatic carbocycles. The maximum absolute atomic E-state index is 14.0. The number of aryl methyl sites for hydroxylation is 1. The van der Waals surface area contributed by atoms with E-state index in [1.165, 1.54) is 12.1 Å². The first-order valence-corrected chi connectivity index (χ1v) is 11.4. The number of benzene rings is 2. The van der Waals surface area contributed by atoms with Crippen molar-refractivity contribution in [1.29, 1.82) is 5.26 Å². The van der Waals surface area contributed by atoms with E-state index in [1.807, 2.05) is 36.1 Å². The van der Waals surface area contributed by atoms with E-state index < -0.39 is 5.82 Å². The number of hydrogen-bond donors (Lipinski definition) is 4. The molecule has 35 heavy (non-hydrogen) atoms. The van der Waals surface area contributed by atoms with Crippen LogP contribution in [0.4, 0.5) is 4.39 Å². The minimum Gasteiger partial charge on any atom is -0.505 e. The quantitative estimate of drug-likeness (QED) is 0.304. The number of carbonyl (C=O) groups excluding carboxylic acids is 1. The van der Waals surface area contributed by atoms with Gasteiger partial charge in [-0.15, -0.1) is 0 Å². The molecule has 0 aliphatic carbocycles. The highest BCUT2D eigenvalue weighted by Gasteiger charge is 2.26. The Kier molecular flexibility index (Phi) is 5.93. The van der Waals surface area contributed by atoms with Gasteiger partial charge in [-0.3, -0.25) is 14.8 Å². The van der Waals surface area contributed by atoms with Crippen LogP contribution >= 0.6 is 0 Å². The van der Waals surface area contributed by atoms with Gasteiger partial charge in [0.15, 0.2) is 17.4 Å². The van der Waals surface area contributed by atoms with E-state index in [0.717, 1.165) is 39.0 Å². The topological polar surface area (TPSA) is 134 Å². The first kappa shape index (κ1) is 22.6. The minimum atomic E-state index is -0.651. The normalized spacial score (nSPS) is 13.2. The van der Waals surface area contributed by atoms with Crippen LogP contribution in [-0.4, -0.2) is 49.2 Å². The van der Waals surface area contributed by atoms with E-state index in [9.17, 15) is 14.3 Å². The number of aromatic nitrogens is 4. The van der Waals surface area contributed by atoms with Gasteiger partial charge in [0.1, 0.15) is 5.69 Å². The summed E-state index contributed by atoms with van der Waals surface area (Å²) >= 11 is 0. The first-order chi connectivity index (χ1) is 17.0. The second kappa shape index (κ2) is 9.19. The highest BCUT2D eigenvalue weighted by Crippen LogP contribution is 2.34. The number of nitriles is 1. The number of imidazole rings is 1. The highest BCUT2D eigenvalue weighted by molar-refractivity contribution is 5.94. The van der Waals surface area contributed by atoms with Crippen LogP contribution < -0.4 is 5.32 Å². The average Bonchev–Trinajstić information content (AvgIpc) is 3.53. The lowest BCUT2D eigenvalue weighted by molar-refractivity contribution is -0.122. The van der Waals surface area contributed by atoms with E-state index >= 15 is 0 Å². The number of halogens is 1. The molecule has 9 nitrogen and oxygen atoms in total. The van der Waals surface area contributed by atoms with Crippen LogP contribution in [0.1, 0.15) is 30.3 Å². The van der Waals surface area contributed by atoms with Crippen LogP contribution in [0.15, 0.2) is 30.3 Å². The molecule has 0 radical (unpaired) electrons. The fourth-order valence-electron chi connectivity index (χ4n) is 4.47. The van der Waals surface area contributed by atoms with Gasteiger partial charge in [-0.1, -0.05) is 13.0 Å². The molecular formula is C25H24FN7O2. The molecule has 0 bridgehead atoms. The van der Waals surface area contributed by atoms with Crippen molar-refractivity contribution < 1.29 is 14.3 Å². The lowest BCUT2D eigenvalue weighted by atomic mass is 9.96. The van der Waals surface area contributed by atoms with Gasteiger partial charge in [-0.2, -0.15) is 10.4 Å². The third-order valence-electron chi connectivity index (χ3n) is 6.20. The summed E-state index contributed by atoms with van der Waals surface area (Å²) in [4.78, 5) is 22.0. The Bertz CT molecular complexity index is 1440. The van der Waals surface area contributed by atoms with Crippen LogP contribution in [0, 0.1) is 17.1 Å². The van der Waals surface area contributed by atoms with E-state index in [4.69, 9.17) is 10.2 Å². The van der Waals surface area contributed by atoms with Gasteiger partial charge in [0.05, 0.1) is 35.9 Å². The van der Waals surface area contributed by atoms with Gasteiger partial charge < -0.3 is 15.4 Å². The van der Waals surface area contributed by atoms with Gasteiger partial charge >= 0.3 is 0 Å². The lowest BCUT2D eigenvalue weighted by Gasteiger charge is -2.14. The number of rotatable bonds is 7. The van der Waals surface area contributed by atoms with Crippen molar-refractivity contribution in [2.24, 2.45) is 0 Å². The van der Waals surface area contributed by atoms with Gasteiger partial charge in [-0.05, 0) is 47.4 Å². The number of phenols is 1. The maximum Gasteiger partial charge on any atom is 0.234 e. The Morgan fingerprint density at radius 3 is 2.94 bits per heavy atom. The van der Waals surface area contributed by atoms with Gasteiger partial charge in [0, 0.05) is 25.0 Å². The Labute approximate surface area is 200 Å². The number of amides is 1. The standard InChI is InChI=1S/C25H24FN7O2/c1-2-14-9-22(34)18(26)10-17(14)15-4-5-16-19(8-15)31-32-24(16)25-29-20-11-33(12-21(20)30-25)13-23(35)28-7-3-6-27/h4-5,8-10,34H,2-3,7,11-13H2,1H3,(H,28,35)(H,29,30)(H,31,32). The molecular weight excluding hydrogens is 449 g/mol. The Balaban J connectivity index is 1.35. The Hall–Kier alpha value is -4.23. The van der Waals surface area contributed by atoms with Crippen LogP contribution in [0.5, 0.6) is 5.75 Å². The molecule has 10 heteroatoms. The zero-order valence-electron chi connectivity index (χ0n) is 19.2. The summed E-state index contributed by atoms with van der Waals surface area (Å²) < 4.78 is 14.0. The molecule has 0 saturated carbocycles. The number of phenolic OH excluding ortho intramolecular Hbond substituents is 1. The predicted octanol–water partition coefficient (Wildman–Crippen LogP) is 3.37. The van der Waals surface area contributed by atoms with Crippen molar-refractivity contribution >= 4 is 16.8 Å². The zero-order valence-corrected chi connectivity index (χ0v) is 19.2. The van der Waals surface area contributed by atoms with Crippen molar-refractivity contribution in [3.8, 4) is 34.5 Å². The van der Waals surface area contributed by atoms with Gasteiger partial charge in [0.25, 0.3) is 0 Å². The summed E-state index contributed by atoms with van der Waals surface area (Å²) in [6.45, 7) is 3.69. The fraction of sp³-hybridized carbons (Fsp3) is 0.280. The fourth-order valence-corrected chi connectivity index (χ4v) is 4.47. The summed E-state index contributed by atoms with van der Waals surface area (Å²) in [6.07, 6.45) is 0.951. The molecule has 4 N–H and O–H groups in total. The van der Waals surface area contributed by atoms with Crippen molar-refractivity contribution in [3.05, 3.63) is 53.1 Å². The molecule has 0 unspecified atom stereocenters. The molecule has 0 atom stereocenters. The molecule has 2 aromatic heterocycles. The number of hydrogen-bond acceptors (Lipinski definition) is 6. The SMILES string of the molecule is CCc1cc(O)c(F)cc1-c1ccc2c(-c3nc4c([nH]3)CN(CC(=O)NCCC#N)C4)n[nH]c2c1. The van der Waals surface area contributed by atoms with Crippen LogP contribution in [0.2, 0.25) is 0 Å². The average molecular weight is 474 g/mol. The highest BCUT2D eigenvalue weighted by atomic mass is 19.1. The maximum atomic E-state index is 14.0. The van der Waals surface area contributed by atoms with E-state index in [-0.39, 0.29) is 18.2 Å². The molecule has 0 saturated heterocycles. The predicted molar refractivity (Wildman–Crippen MR) is 127 cm³/mol. The van der Waals surface area contributed by atoms with Crippen molar-refractivity contribution in [3.63, 3.8) is 0 Å². The third kappa shape index (κ3) is 4.34. The third-order valence-corrected chi connectivity index (χ3v) is 6.20. The van der Waals surface area contributed by atoms with Crippen LogP contribution in [0.3, 0.4) is 0 Å². The number of nitrogens with one attached hydrogen (secondary N) is 3. The molecule has 1 amide bonds. The van der Waals surface area contributed by atoms with E-state index in [1.54, 1.807) is 0 Å². The van der Waals surface area contributed by atoms with E-state index in [0.29, 0.717) is 44.0 Å². The summed E-state index contributed by atoms with van der Waals surface area (Å²) in [5.74, 6) is -0.461. The minimum absolute atomic E-state index is 0.112.